The minimum Gasteiger partial charge on any atom is -0.383 e. The first-order valence-electron chi connectivity index (χ1n) is 6.55. The fourth-order valence-corrected chi connectivity index (χ4v) is 2.25. The molecule has 0 atom stereocenters. The lowest BCUT2D eigenvalue weighted by molar-refractivity contribution is 0.204. The van der Waals surface area contributed by atoms with E-state index in [1.54, 1.807) is 19.1 Å². The van der Waals surface area contributed by atoms with Gasteiger partial charge in [-0.2, -0.15) is 0 Å². The Morgan fingerprint density at radius 1 is 1.32 bits per heavy atom. The fraction of sp³-hybridized carbons (Fsp3) is 0.571. The highest BCUT2D eigenvalue weighted by Crippen LogP contribution is 2.35. The molecule has 5 heteroatoms. The Balaban J connectivity index is 2.25. The molecule has 0 unspecified atom stereocenters. The van der Waals surface area contributed by atoms with Crippen LogP contribution in [0.3, 0.4) is 0 Å². The molecule has 1 aromatic carbocycles. The minimum atomic E-state index is -0.492. The summed E-state index contributed by atoms with van der Waals surface area (Å²) < 4.78 is 33.3. The first-order chi connectivity index (χ1) is 9.17. The second-order valence-electron chi connectivity index (χ2n) is 4.86. The Morgan fingerprint density at radius 2 is 1.95 bits per heavy atom. The number of benzene rings is 1. The largest absolute Gasteiger partial charge is 0.383 e. The van der Waals surface area contributed by atoms with E-state index in [1.165, 1.54) is 12.1 Å². The minimum absolute atomic E-state index is 0.0828. The van der Waals surface area contributed by atoms with Gasteiger partial charge >= 0.3 is 0 Å². The van der Waals surface area contributed by atoms with Crippen LogP contribution in [0.25, 0.3) is 0 Å². The summed E-state index contributed by atoms with van der Waals surface area (Å²) in [6.07, 6.45) is 1.97. The van der Waals surface area contributed by atoms with Gasteiger partial charge in [0.15, 0.2) is 0 Å². The van der Waals surface area contributed by atoms with Gasteiger partial charge in [0, 0.05) is 26.2 Å². The molecule has 1 saturated carbocycles. The molecule has 0 heterocycles. The van der Waals surface area contributed by atoms with E-state index in [0.717, 1.165) is 12.8 Å². The van der Waals surface area contributed by atoms with Crippen molar-refractivity contribution in [2.75, 3.05) is 32.2 Å². The molecule has 1 N–H and O–H groups in total. The topological polar surface area (TPSA) is 24.5 Å². The van der Waals surface area contributed by atoms with Crippen molar-refractivity contribution in [1.29, 1.82) is 0 Å². The molecule has 106 valence electrons. The van der Waals surface area contributed by atoms with E-state index >= 15 is 0 Å². The third-order valence-electron chi connectivity index (χ3n) is 3.27. The summed E-state index contributed by atoms with van der Waals surface area (Å²) in [5.74, 6) is -0.985. The van der Waals surface area contributed by atoms with Crippen LogP contribution in [0.4, 0.5) is 14.5 Å². The van der Waals surface area contributed by atoms with E-state index in [2.05, 4.69) is 5.32 Å². The second kappa shape index (κ2) is 6.30. The fourth-order valence-electron chi connectivity index (χ4n) is 2.25. The van der Waals surface area contributed by atoms with E-state index in [4.69, 9.17) is 4.74 Å². The predicted octanol–water partition coefficient (Wildman–Crippen LogP) is 2.30. The summed E-state index contributed by atoms with van der Waals surface area (Å²) in [5.41, 5.74) is 0.697. The average Bonchev–Trinajstić information content (AvgIpc) is 3.17. The summed E-state index contributed by atoms with van der Waals surface area (Å²) in [6.45, 7) is 1.43. The number of anilines is 1. The van der Waals surface area contributed by atoms with Gasteiger partial charge in [-0.05, 0) is 37.6 Å². The molecule has 0 aliphatic heterocycles. The highest BCUT2D eigenvalue weighted by atomic mass is 19.1. The molecule has 1 aromatic rings. The summed E-state index contributed by atoms with van der Waals surface area (Å²) >= 11 is 0. The number of ether oxygens (including phenoxy) is 1. The molecule has 2 rings (SSSR count). The summed E-state index contributed by atoms with van der Waals surface area (Å²) in [5, 5.41) is 2.89. The van der Waals surface area contributed by atoms with Gasteiger partial charge in [0.2, 0.25) is 0 Å². The van der Waals surface area contributed by atoms with E-state index in [0.29, 0.717) is 25.3 Å². The molecule has 0 aromatic heterocycles. The Hall–Kier alpha value is -1.20. The van der Waals surface area contributed by atoms with Gasteiger partial charge in [-0.25, -0.2) is 8.78 Å². The third kappa shape index (κ3) is 3.42. The van der Waals surface area contributed by atoms with Crippen LogP contribution in [0, 0.1) is 11.6 Å². The van der Waals surface area contributed by atoms with Crippen LogP contribution in [0.5, 0.6) is 0 Å². The van der Waals surface area contributed by atoms with Crippen molar-refractivity contribution in [3.63, 3.8) is 0 Å². The van der Waals surface area contributed by atoms with Crippen molar-refractivity contribution in [2.45, 2.75) is 25.4 Å². The molecule has 0 radical (unpaired) electrons. The second-order valence-corrected chi connectivity index (χ2v) is 4.86. The van der Waals surface area contributed by atoms with Gasteiger partial charge in [-0.3, -0.25) is 0 Å². The Labute approximate surface area is 112 Å². The third-order valence-corrected chi connectivity index (χ3v) is 3.27. The lowest BCUT2D eigenvalue weighted by Crippen LogP contribution is -2.31. The zero-order chi connectivity index (χ0) is 13.8. The molecule has 0 spiro atoms. The molecular weight excluding hydrogens is 250 g/mol. The number of hydrogen-bond donors (Lipinski definition) is 1. The predicted molar refractivity (Wildman–Crippen MR) is 71.4 cm³/mol. The van der Waals surface area contributed by atoms with Crippen LogP contribution in [-0.4, -0.2) is 33.4 Å². The first-order valence-corrected chi connectivity index (χ1v) is 6.55. The zero-order valence-electron chi connectivity index (χ0n) is 11.4. The molecule has 0 bridgehead atoms. The van der Waals surface area contributed by atoms with Gasteiger partial charge < -0.3 is 15.0 Å². The van der Waals surface area contributed by atoms with Crippen molar-refractivity contribution in [3.05, 3.63) is 29.3 Å². The average molecular weight is 270 g/mol. The van der Waals surface area contributed by atoms with Gasteiger partial charge in [-0.1, -0.05) is 0 Å². The maximum Gasteiger partial charge on any atom is 0.149 e. The Bertz CT molecular complexity index is 412. The van der Waals surface area contributed by atoms with Gasteiger partial charge in [0.1, 0.15) is 17.3 Å². The lowest BCUT2D eigenvalue weighted by atomic mass is 10.1. The number of rotatable bonds is 7. The highest BCUT2D eigenvalue weighted by molar-refractivity contribution is 5.52. The molecular formula is C14H20F2N2O. The van der Waals surface area contributed by atoms with Crippen molar-refractivity contribution in [1.82, 2.24) is 5.32 Å². The van der Waals surface area contributed by atoms with E-state index in [9.17, 15) is 8.78 Å². The monoisotopic (exact) mass is 270 g/mol. The van der Waals surface area contributed by atoms with Crippen molar-refractivity contribution < 1.29 is 13.5 Å². The maximum absolute atomic E-state index is 14.1. The smallest absolute Gasteiger partial charge is 0.149 e. The maximum atomic E-state index is 14.1. The number of hydrogen-bond acceptors (Lipinski definition) is 3. The van der Waals surface area contributed by atoms with E-state index < -0.39 is 11.6 Å². The van der Waals surface area contributed by atoms with Crippen LogP contribution in [0.2, 0.25) is 0 Å². The van der Waals surface area contributed by atoms with Crippen LogP contribution in [-0.2, 0) is 11.3 Å². The van der Waals surface area contributed by atoms with E-state index in [-0.39, 0.29) is 11.7 Å². The number of nitrogens with zero attached hydrogens (tertiary/aromatic N) is 1. The molecule has 0 amide bonds. The highest BCUT2D eigenvalue weighted by Gasteiger charge is 2.32. The van der Waals surface area contributed by atoms with Crippen LogP contribution < -0.4 is 10.2 Å². The standard InChI is InChI=1S/C14H20F2N2O/c1-17-9-10-7-12(15)14(13(16)8-10)18(5-6-19-2)11-3-4-11/h7-8,11,17H,3-6,9H2,1-2H3. The molecule has 1 aliphatic rings. The Morgan fingerprint density at radius 3 is 2.42 bits per heavy atom. The van der Waals surface area contributed by atoms with Gasteiger partial charge in [-0.15, -0.1) is 0 Å². The zero-order valence-corrected chi connectivity index (χ0v) is 11.4. The van der Waals surface area contributed by atoms with E-state index in [1.807, 2.05) is 0 Å². The van der Waals surface area contributed by atoms with Crippen LogP contribution in [0.15, 0.2) is 12.1 Å². The molecule has 0 saturated heterocycles. The Kier molecular flexibility index (Phi) is 4.71. The molecule has 3 nitrogen and oxygen atoms in total. The van der Waals surface area contributed by atoms with Crippen molar-refractivity contribution >= 4 is 5.69 Å². The van der Waals surface area contributed by atoms with Gasteiger partial charge in [0.25, 0.3) is 0 Å². The SMILES string of the molecule is CNCc1cc(F)c(N(CCOC)C2CC2)c(F)c1. The van der Waals surface area contributed by atoms with Crippen molar-refractivity contribution in [3.8, 4) is 0 Å². The van der Waals surface area contributed by atoms with Crippen LogP contribution in [0.1, 0.15) is 18.4 Å². The van der Waals surface area contributed by atoms with Gasteiger partial charge in [0.05, 0.1) is 6.61 Å². The summed E-state index contributed by atoms with van der Waals surface area (Å²) in [7, 11) is 3.34. The normalized spacial score (nSPS) is 14.7. The molecule has 19 heavy (non-hydrogen) atoms. The summed E-state index contributed by atoms with van der Waals surface area (Å²) in [4.78, 5) is 1.79. The first kappa shape index (κ1) is 14.2. The molecule has 1 aliphatic carbocycles. The molecule has 1 fully saturated rings. The number of methoxy groups -OCH3 is 1. The van der Waals surface area contributed by atoms with Crippen molar-refractivity contribution in [2.24, 2.45) is 0 Å². The number of halogens is 2. The van der Waals surface area contributed by atoms with Crippen LogP contribution >= 0.6 is 0 Å². The quantitative estimate of drug-likeness (QED) is 0.823. The summed E-state index contributed by atoms with van der Waals surface area (Å²) in [6, 6.07) is 3.04. The number of nitrogens with one attached hydrogen (secondary N) is 1. The lowest BCUT2D eigenvalue weighted by Gasteiger charge is -2.25.